The van der Waals surface area contributed by atoms with E-state index in [9.17, 15) is 9.59 Å². The van der Waals surface area contributed by atoms with E-state index in [1.165, 1.54) is 5.56 Å². The molecule has 1 aliphatic heterocycles. The molecule has 1 aliphatic rings. The number of carbonyl (C=O) groups is 2. The highest BCUT2D eigenvalue weighted by atomic mass is 16.5. The van der Waals surface area contributed by atoms with Gasteiger partial charge in [0.1, 0.15) is 17.0 Å². The summed E-state index contributed by atoms with van der Waals surface area (Å²) in [4.78, 5) is 31.0. The summed E-state index contributed by atoms with van der Waals surface area (Å²) in [6, 6.07) is 26.3. The molecule has 0 unspecified atom stereocenters. The van der Waals surface area contributed by atoms with Gasteiger partial charge in [-0.3, -0.25) is 14.5 Å². The van der Waals surface area contributed by atoms with Crippen LogP contribution in [0.3, 0.4) is 0 Å². The first kappa shape index (κ1) is 25.4. The van der Waals surface area contributed by atoms with Gasteiger partial charge in [-0.25, -0.2) is 0 Å². The number of carbonyl (C=O) groups excluding carboxylic acids is 2. The first-order valence-electron chi connectivity index (χ1n) is 13.1. The number of aromatic nitrogens is 1. The van der Waals surface area contributed by atoms with Crippen molar-refractivity contribution in [3.63, 3.8) is 0 Å². The van der Waals surface area contributed by atoms with Gasteiger partial charge in [-0.1, -0.05) is 47.6 Å². The van der Waals surface area contributed by atoms with Crippen LogP contribution >= 0.6 is 0 Å². The quantitative estimate of drug-likeness (QED) is 0.301. The Bertz CT molecular complexity index is 1630. The minimum absolute atomic E-state index is 0.0871. The number of hydrogen-bond acceptors (Lipinski definition) is 7. The average Bonchev–Trinajstić information content (AvgIpc) is 3.64. The largest absolute Gasteiger partial charge is 0.497 e. The van der Waals surface area contributed by atoms with Gasteiger partial charge in [-0.2, -0.15) is 0 Å². The number of piperazine rings is 1. The molecule has 0 radical (unpaired) electrons. The van der Waals surface area contributed by atoms with Gasteiger partial charge in [0.15, 0.2) is 11.5 Å². The summed E-state index contributed by atoms with van der Waals surface area (Å²) in [6.07, 6.45) is 0. The molecule has 3 aromatic carbocycles. The molecule has 0 atom stereocenters. The molecule has 1 saturated heterocycles. The minimum atomic E-state index is -0.503. The molecule has 6 rings (SSSR count). The summed E-state index contributed by atoms with van der Waals surface area (Å²) in [6.45, 7) is 3.45. The van der Waals surface area contributed by atoms with Crippen molar-refractivity contribution in [1.82, 2.24) is 15.0 Å². The highest BCUT2D eigenvalue weighted by Crippen LogP contribution is 2.33. The lowest BCUT2D eigenvalue weighted by molar-refractivity contribution is 0.0601. The second kappa shape index (κ2) is 11.1. The van der Waals surface area contributed by atoms with E-state index < -0.39 is 5.91 Å². The van der Waals surface area contributed by atoms with Crippen LogP contribution < -0.4 is 10.1 Å². The fraction of sp³-hybridized carbons (Fsp3) is 0.194. The van der Waals surface area contributed by atoms with Crippen molar-refractivity contribution in [1.29, 1.82) is 0 Å². The molecular formula is C31H28N4O5. The number of hydrogen-bond donors (Lipinski definition) is 1. The van der Waals surface area contributed by atoms with Crippen LogP contribution in [0.5, 0.6) is 5.75 Å². The maximum Gasteiger partial charge on any atom is 0.291 e. The number of furan rings is 1. The number of anilines is 1. The van der Waals surface area contributed by atoms with Crippen molar-refractivity contribution in [3.8, 4) is 17.1 Å². The Balaban J connectivity index is 1.19. The van der Waals surface area contributed by atoms with Crippen molar-refractivity contribution < 1.29 is 23.3 Å². The number of ether oxygens (including phenoxy) is 1. The Morgan fingerprint density at radius 1 is 0.925 bits per heavy atom. The Hall–Kier alpha value is -4.89. The molecule has 0 bridgehead atoms. The van der Waals surface area contributed by atoms with Gasteiger partial charge in [0.2, 0.25) is 5.76 Å². The fourth-order valence-electron chi connectivity index (χ4n) is 4.87. The number of amides is 2. The third-order valence-corrected chi connectivity index (χ3v) is 7.05. The van der Waals surface area contributed by atoms with Crippen LogP contribution in [0.1, 0.15) is 26.6 Å². The van der Waals surface area contributed by atoms with Gasteiger partial charge in [-0.05, 0) is 42.0 Å². The zero-order valence-corrected chi connectivity index (χ0v) is 22.0. The lowest BCUT2D eigenvalue weighted by Crippen LogP contribution is -2.48. The van der Waals surface area contributed by atoms with Crippen molar-refractivity contribution in [2.75, 3.05) is 38.6 Å². The van der Waals surface area contributed by atoms with Crippen LogP contribution in [0.15, 0.2) is 93.9 Å². The van der Waals surface area contributed by atoms with Gasteiger partial charge in [0.25, 0.3) is 11.8 Å². The zero-order valence-electron chi connectivity index (χ0n) is 22.0. The number of benzene rings is 3. The van der Waals surface area contributed by atoms with E-state index >= 15 is 0 Å². The third-order valence-electron chi connectivity index (χ3n) is 7.05. The molecule has 40 heavy (non-hydrogen) atoms. The minimum Gasteiger partial charge on any atom is -0.497 e. The predicted octanol–water partition coefficient (Wildman–Crippen LogP) is 5.31. The number of fused-ring (bicyclic) bond motifs is 1. The molecule has 1 N–H and O–H groups in total. The third kappa shape index (κ3) is 5.19. The van der Waals surface area contributed by atoms with Gasteiger partial charge in [0, 0.05) is 49.7 Å². The molecule has 0 aliphatic carbocycles. The Morgan fingerprint density at radius 3 is 2.40 bits per heavy atom. The SMILES string of the molecule is COc1ccc(-c2cc(C(=O)Nc3c(C(=O)N4CCN(Cc5ccccc5)CC4)oc4ccccc34)no2)cc1. The molecule has 9 nitrogen and oxygen atoms in total. The van der Waals surface area contributed by atoms with Crippen LogP contribution in [0.25, 0.3) is 22.3 Å². The van der Waals surface area contributed by atoms with E-state index in [4.69, 9.17) is 13.7 Å². The van der Waals surface area contributed by atoms with E-state index in [2.05, 4.69) is 27.5 Å². The van der Waals surface area contributed by atoms with Crippen LogP contribution in [-0.2, 0) is 6.54 Å². The fourth-order valence-corrected chi connectivity index (χ4v) is 4.87. The van der Waals surface area contributed by atoms with E-state index in [0.29, 0.717) is 41.3 Å². The normalized spacial score (nSPS) is 13.9. The van der Waals surface area contributed by atoms with Crippen molar-refractivity contribution in [3.05, 3.63) is 102 Å². The van der Waals surface area contributed by atoms with E-state index in [0.717, 1.165) is 25.2 Å². The second-order valence-corrected chi connectivity index (χ2v) is 9.62. The highest BCUT2D eigenvalue weighted by Gasteiger charge is 2.29. The summed E-state index contributed by atoms with van der Waals surface area (Å²) in [5.41, 5.74) is 2.93. The lowest BCUT2D eigenvalue weighted by Gasteiger charge is -2.34. The second-order valence-electron chi connectivity index (χ2n) is 9.62. The predicted molar refractivity (Wildman–Crippen MR) is 150 cm³/mol. The molecule has 9 heteroatoms. The number of methoxy groups -OCH3 is 1. The lowest BCUT2D eigenvalue weighted by atomic mass is 10.1. The Morgan fingerprint density at radius 2 is 1.65 bits per heavy atom. The summed E-state index contributed by atoms with van der Waals surface area (Å²) in [5, 5.41) is 7.45. The number of nitrogens with one attached hydrogen (secondary N) is 1. The Labute approximate surface area is 230 Å². The first-order valence-corrected chi connectivity index (χ1v) is 13.1. The highest BCUT2D eigenvalue weighted by molar-refractivity contribution is 6.14. The number of nitrogens with zero attached hydrogens (tertiary/aromatic N) is 3. The first-order chi connectivity index (χ1) is 19.6. The van der Waals surface area contributed by atoms with Gasteiger partial charge >= 0.3 is 0 Å². The van der Waals surface area contributed by atoms with Gasteiger partial charge < -0.3 is 23.9 Å². The standard InChI is InChI=1S/C31H28N4O5/c1-38-23-13-11-22(12-14-23)27-19-25(33-40-27)30(36)32-28-24-9-5-6-10-26(24)39-29(28)31(37)35-17-15-34(16-18-35)20-21-7-3-2-4-8-21/h2-14,19H,15-18,20H2,1H3,(H,32,36). The maximum atomic E-state index is 13.6. The number of para-hydroxylation sites is 1. The summed E-state index contributed by atoms with van der Waals surface area (Å²) >= 11 is 0. The maximum absolute atomic E-state index is 13.6. The molecular weight excluding hydrogens is 508 g/mol. The molecule has 0 saturated carbocycles. The Kier molecular flexibility index (Phi) is 7.03. The molecule has 2 amide bonds. The molecule has 1 fully saturated rings. The summed E-state index contributed by atoms with van der Waals surface area (Å²) in [7, 11) is 1.59. The summed E-state index contributed by atoms with van der Waals surface area (Å²) in [5.74, 6) is 0.490. The van der Waals surface area contributed by atoms with E-state index in [1.807, 2.05) is 48.5 Å². The average molecular weight is 537 g/mol. The van der Waals surface area contributed by atoms with Crippen molar-refractivity contribution in [2.45, 2.75) is 6.54 Å². The van der Waals surface area contributed by atoms with Crippen LogP contribution in [0.4, 0.5) is 5.69 Å². The molecule has 3 heterocycles. The van der Waals surface area contributed by atoms with Gasteiger partial charge in [0.05, 0.1) is 7.11 Å². The molecule has 202 valence electrons. The van der Waals surface area contributed by atoms with E-state index in [1.54, 1.807) is 36.3 Å². The molecule has 2 aromatic heterocycles. The zero-order chi connectivity index (χ0) is 27.5. The van der Waals surface area contributed by atoms with Crippen molar-refractivity contribution >= 4 is 28.5 Å². The topological polar surface area (TPSA) is 101 Å². The monoisotopic (exact) mass is 536 g/mol. The smallest absolute Gasteiger partial charge is 0.291 e. The van der Waals surface area contributed by atoms with Crippen LogP contribution in [-0.4, -0.2) is 60.1 Å². The van der Waals surface area contributed by atoms with Crippen LogP contribution in [0.2, 0.25) is 0 Å². The van der Waals surface area contributed by atoms with Gasteiger partial charge in [-0.15, -0.1) is 0 Å². The van der Waals surface area contributed by atoms with E-state index in [-0.39, 0.29) is 17.4 Å². The van der Waals surface area contributed by atoms with Crippen molar-refractivity contribution in [2.24, 2.45) is 0 Å². The molecule has 0 spiro atoms. The summed E-state index contributed by atoms with van der Waals surface area (Å²) < 4.78 is 16.6. The van der Waals surface area contributed by atoms with Crippen LogP contribution in [0, 0.1) is 0 Å². The molecule has 5 aromatic rings. The number of rotatable bonds is 7.